The van der Waals surface area contributed by atoms with Gasteiger partial charge in [0.05, 0.1) is 18.3 Å². The predicted molar refractivity (Wildman–Crippen MR) is 126 cm³/mol. The lowest BCUT2D eigenvalue weighted by molar-refractivity contribution is -0.148. The van der Waals surface area contributed by atoms with Gasteiger partial charge in [-0.25, -0.2) is 9.78 Å². The molecule has 0 radical (unpaired) electrons. The van der Waals surface area contributed by atoms with Crippen molar-refractivity contribution in [3.63, 3.8) is 0 Å². The monoisotopic (exact) mass is 448 g/mol. The van der Waals surface area contributed by atoms with Crippen molar-refractivity contribution in [1.29, 1.82) is 0 Å². The second kappa shape index (κ2) is 9.78. The molecule has 164 valence electrons. The van der Waals surface area contributed by atoms with E-state index in [1.807, 2.05) is 60.0 Å². The van der Waals surface area contributed by atoms with Crippen molar-refractivity contribution in [3.05, 3.63) is 82.2 Å². The van der Waals surface area contributed by atoms with Crippen molar-refractivity contribution < 1.29 is 14.3 Å². The maximum Gasteiger partial charge on any atom is 0.329 e. The largest absolute Gasteiger partial charge is 0.494 e. The van der Waals surface area contributed by atoms with Crippen LogP contribution < -0.4 is 10.3 Å². The van der Waals surface area contributed by atoms with Gasteiger partial charge in [0.15, 0.2) is 0 Å². The molecule has 2 heterocycles. The summed E-state index contributed by atoms with van der Waals surface area (Å²) in [6.45, 7) is 4.52. The molecule has 0 aliphatic rings. The van der Waals surface area contributed by atoms with Crippen LogP contribution in [0.25, 0.3) is 21.3 Å². The average molecular weight is 449 g/mol. The Hall–Kier alpha value is -3.45. The normalized spacial score (nSPS) is 11.9. The quantitative estimate of drug-likeness (QED) is 0.346. The van der Waals surface area contributed by atoms with Crippen LogP contribution in [0.2, 0.25) is 0 Å². The molecule has 2 aromatic carbocycles. The summed E-state index contributed by atoms with van der Waals surface area (Å²) in [7, 11) is 0. The number of hydrogen-bond acceptors (Lipinski definition) is 6. The van der Waals surface area contributed by atoms with E-state index in [1.54, 1.807) is 6.92 Å². The van der Waals surface area contributed by atoms with Gasteiger partial charge in [-0.1, -0.05) is 49.4 Å². The third-order valence-electron chi connectivity index (χ3n) is 5.14. The first kappa shape index (κ1) is 21.8. The Bertz CT molecular complexity index is 1260. The lowest BCUT2D eigenvalue weighted by atomic mass is 10.1. The first-order valence-electron chi connectivity index (χ1n) is 10.5. The first-order chi connectivity index (χ1) is 15.6. The number of thiophene rings is 1. The van der Waals surface area contributed by atoms with E-state index in [0.29, 0.717) is 16.8 Å². The van der Waals surface area contributed by atoms with Gasteiger partial charge in [0, 0.05) is 10.9 Å². The third kappa shape index (κ3) is 4.57. The van der Waals surface area contributed by atoms with Gasteiger partial charge in [-0.2, -0.15) is 0 Å². The molecule has 0 bridgehead atoms. The molecule has 6 nitrogen and oxygen atoms in total. The van der Waals surface area contributed by atoms with Crippen LogP contribution in [0, 0.1) is 0 Å². The second-order valence-corrected chi connectivity index (χ2v) is 8.29. The Kier molecular flexibility index (Phi) is 6.66. The highest BCUT2D eigenvalue weighted by Gasteiger charge is 2.21. The zero-order valence-electron chi connectivity index (χ0n) is 18.0. The minimum atomic E-state index is -0.791. The van der Waals surface area contributed by atoms with Gasteiger partial charge in [0.2, 0.25) is 0 Å². The SMILES string of the molecule is CCCOc1ccc(-c2csc3ncn([C@@H](C)C(=O)OCc4ccccc4)c(=O)c23)cc1. The maximum atomic E-state index is 13.3. The minimum Gasteiger partial charge on any atom is -0.494 e. The summed E-state index contributed by atoms with van der Waals surface area (Å²) in [6, 6.07) is 16.3. The summed E-state index contributed by atoms with van der Waals surface area (Å²) in [5.41, 5.74) is 2.32. The highest BCUT2D eigenvalue weighted by Crippen LogP contribution is 2.32. The molecule has 0 N–H and O–H groups in total. The fourth-order valence-electron chi connectivity index (χ4n) is 3.35. The molecule has 0 saturated heterocycles. The van der Waals surface area contributed by atoms with Crippen LogP contribution in [-0.2, 0) is 16.1 Å². The lowest BCUT2D eigenvalue weighted by Crippen LogP contribution is -2.29. The predicted octanol–water partition coefficient (Wildman–Crippen LogP) is 5.22. The van der Waals surface area contributed by atoms with Crippen molar-refractivity contribution in [3.8, 4) is 16.9 Å². The average Bonchev–Trinajstić information content (AvgIpc) is 3.27. The van der Waals surface area contributed by atoms with Gasteiger partial charge in [0.25, 0.3) is 5.56 Å². The summed E-state index contributed by atoms with van der Waals surface area (Å²) in [6.07, 6.45) is 2.36. The highest BCUT2D eigenvalue weighted by molar-refractivity contribution is 7.17. The summed E-state index contributed by atoms with van der Waals surface area (Å²) in [4.78, 5) is 31.0. The van der Waals surface area contributed by atoms with Crippen molar-refractivity contribution in [2.24, 2.45) is 0 Å². The molecule has 2 aromatic heterocycles. The number of fused-ring (bicyclic) bond motifs is 1. The number of carbonyl (C=O) groups excluding carboxylic acids is 1. The Morgan fingerprint density at radius 3 is 2.59 bits per heavy atom. The zero-order valence-corrected chi connectivity index (χ0v) is 18.8. The fraction of sp³-hybridized carbons (Fsp3) is 0.240. The molecule has 7 heteroatoms. The van der Waals surface area contributed by atoms with Crippen LogP contribution in [0.3, 0.4) is 0 Å². The standard InChI is InChI=1S/C25H24N2O4S/c1-3-13-30-20-11-9-19(10-12-20)21-15-32-23-22(21)24(28)27(16-26-23)17(2)25(29)31-14-18-7-5-4-6-8-18/h4-12,15-17H,3,13-14H2,1-2H3/t17-/m0/s1. The van der Waals surface area contributed by atoms with Crippen LogP contribution in [0.4, 0.5) is 0 Å². The molecule has 4 aromatic rings. The first-order valence-corrected chi connectivity index (χ1v) is 11.4. The molecule has 0 amide bonds. The third-order valence-corrected chi connectivity index (χ3v) is 6.03. The molecule has 0 spiro atoms. The molecular formula is C25H24N2O4S. The van der Waals surface area contributed by atoms with E-state index in [1.165, 1.54) is 22.2 Å². The molecule has 1 atom stereocenters. The van der Waals surface area contributed by atoms with Crippen molar-refractivity contribution in [2.75, 3.05) is 6.61 Å². The number of ether oxygens (including phenoxy) is 2. The van der Waals surface area contributed by atoms with Gasteiger partial charge in [-0.3, -0.25) is 9.36 Å². The van der Waals surface area contributed by atoms with E-state index < -0.39 is 12.0 Å². The number of benzene rings is 2. The molecule has 32 heavy (non-hydrogen) atoms. The maximum absolute atomic E-state index is 13.3. The topological polar surface area (TPSA) is 70.4 Å². The number of aromatic nitrogens is 2. The molecule has 0 fully saturated rings. The number of nitrogens with zero attached hydrogens (tertiary/aromatic N) is 2. The summed E-state index contributed by atoms with van der Waals surface area (Å²) in [5, 5.41) is 2.42. The van der Waals surface area contributed by atoms with E-state index >= 15 is 0 Å². The molecule has 4 rings (SSSR count). The minimum absolute atomic E-state index is 0.157. The van der Waals surface area contributed by atoms with E-state index in [0.717, 1.165) is 28.9 Å². The van der Waals surface area contributed by atoms with Gasteiger partial charge in [0.1, 0.15) is 23.2 Å². The number of carbonyl (C=O) groups is 1. The van der Waals surface area contributed by atoms with Crippen molar-refractivity contribution >= 4 is 27.5 Å². The Labute approximate surface area is 190 Å². The van der Waals surface area contributed by atoms with Crippen LogP contribution in [0.5, 0.6) is 5.75 Å². The molecular weight excluding hydrogens is 424 g/mol. The Morgan fingerprint density at radius 2 is 1.88 bits per heavy atom. The fourth-order valence-corrected chi connectivity index (χ4v) is 4.25. The van der Waals surface area contributed by atoms with Crippen LogP contribution >= 0.6 is 11.3 Å². The summed E-state index contributed by atoms with van der Waals surface area (Å²) in [5.74, 6) is 0.312. The van der Waals surface area contributed by atoms with E-state index in [2.05, 4.69) is 11.9 Å². The summed E-state index contributed by atoms with van der Waals surface area (Å²) < 4.78 is 12.4. The van der Waals surface area contributed by atoms with Crippen LogP contribution in [-0.4, -0.2) is 22.1 Å². The highest BCUT2D eigenvalue weighted by atomic mass is 32.1. The number of esters is 1. The smallest absolute Gasteiger partial charge is 0.329 e. The zero-order chi connectivity index (χ0) is 22.5. The summed E-state index contributed by atoms with van der Waals surface area (Å²) >= 11 is 1.41. The van der Waals surface area contributed by atoms with Crippen molar-refractivity contribution in [2.45, 2.75) is 32.9 Å². The van der Waals surface area contributed by atoms with E-state index in [9.17, 15) is 9.59 Å². The second-order valence-electron chi connectivity index (χ2n) is 7.43. The number of hydrogen-bond donors (Lipinski definition) is 0. The van der Waals surface area contributed by atoms with Gasteiger partial charge in [-0.05, 0) is 36.6 Å². The molecule has 0 aliphatic heterocycles. The number of rotatable bonds is 8. The van der Waals surface area contributed by atoms with Crippen LogP contribution in [0.15, 0.2) is 71.1 Å². The van der Waals surface area contributed by atoms with Gasteiger partial charge in [-0.15, -0.1) is 11.3 Å². The van der Waals surface area contributed by atoms with E-state index in [4.69, 9.17) is 9.47 Å². The Balaban J connectivity index is 1.59. The van der Waals surface area contributed by atoms with Crippen LogP contribution in [0.1, 0.15) is 31.9 Å². The van der Waals surface area contributed by atoms with Crippen molar-refractivity contribution in [1.82, 2.24) is 9.55 Å². The Morgan fingerprint density at radius 1 is 1.12 bits per heavy atom. The molecule has 0 unspecified atom stereocenters. The van der Waals surface area contributed by atoms with Gasteiger partial charge < -0.3 is 9.47 Å². The van der Waals surface area contributed by atoms with Gasteiger partial charge >= 0.3 is 5.97 Å². The molecule has 0 saturated carbocycles. The van der Waals surface area contributed by atoms with E-state index in [-0.39, 0.29) is 12.2 Å². The lowest BCUT2D eigenvalue weighted by Gasteiger charge is -2.14. The molecule has 0 aliphatic carbocycles.